The van der Waals surface area contributed by atoms with Crippen LogP contribution in [0.4, 0.5) is 0 Å². The first kappa shape index (κ1) is 38.2. The Hall–Kier alpha value is -8.46. The number of fused-ring (bicyclic) bond motifs is 3. The lowest BCUT2D eigenvalue weighted by Gasteiger charge is -2.22. The second kappa shape index (κ2) is 16.0. The summed E-state index contributed by atoms with van der Waals surface area (Å²) >= 11 is 0. The number of hydrogen-bond acceptors (Lipinski definition) is 0. The summed E-state index contributed by atoms with van der Waals surface area (Å²) in [6.07, 6.45) is 0. The van der Waals surface area contributed by atoms with E-state index in [4.69, 9.17) is 0 Å². The Morgan fingerprint density at radius 2 is 0.615 bits per heavy atom. The normalized spacial score (nSPS) is 11.5. The van der Waals surface area contributed by atoms with E-state index in [0.717, 1.165) is 34.2 Å². The van der Waals surface area contributed by atoms with E-state index in [9.17, 15) is 0 Å². The SMILES string of the molecule is Cc1ccc(-c2c3ccc(-n4c(-c5ccccc5)ccc4-c4ccccc4)cc3c(-c3ccc4ccccc4c3)c3ccc(-n4c(-c5ccccc5)ccc4-c4ccccc4)cc23)cc1. The number of aryl methyl sites for hydroxylation is 1. The summed E-state index contributed by atoms with van der Waals surface area (Å²) in [5, 5.41) is 7.27. The number of nitrogens with zero attached hydrogens (tertiary/aromatic N) is 2. The van der Waals surface area contributed by atoms with Gasteiger partial charge in [-0.1, -0.05) is 200 Å². The second-order valence-electron chi connectivity index (χ2n) is 17.0. The number of hydrogen-bond donors (Lipinski definition) is 0. The van der Waals surface area contributed by atoms with Gasteiger partial charge in [-0.05, 0) is 138 Å². The standard InChI is InChI=1S/C63H44N2/c1-43-26-28-49(29-27-43)62-54-34-32-53(65-60(47-21-10-4-11-22-47)38-39-61(65)48-23-12-5-13-24-48)42-57(54)63(51-31-30-44-16-14-15-25-50(44)40-51)55-35-33-52(41-56(55)62)64-58(45-17-6-2-7-18-45)36-37-59(64)46-19-8-3-9-20-46/h2-42H,1H3. The van der Waals surface area contributed by atoms with E-state index in [1.807, 2.05) is 0 Å². The molecule has 0 bridgehead atoms. The van der Waals surface area contributed by atoms with Crippen LogP contribution in [-0.4, -0.2) is 9.13 Å². The molecule has 0 saturated heterocycles. The largest absolute Gasteiger partial charge is 0.309 e. The van der Waals surface area contributed by atoms with Crippen molar-refractivity contribution < 1.29 is 0 Å². The Kier molecular flexibility index (Phi) is 9.43. The highest BCUT2D eigenvalue weighted by atomic mass is 15.0. The van der Waals surface area contributed by atoms with Crippen molar-refractivity contribution in [3.05, 3.63) is 254 Å². The highest BCUT2D eigenvalue weighted by Crippen LogP contribution is 2.47. The molecule has 0 aliphatic carbocycles. The van der Waals surface area contributed by atoms with Gasteiger partial charge in [-0.25, -0.2) is 0 Å². The molecule has 0 saturated carbocycles. The van der Waals surface area contributed by atoms with Crippen molar-refractivity contribution in [2.45, 2.75) is 6.92 Å². The van der Waals surface area contributed by atoms with Crippen LogP contribution in [0.1, 0.15) is 5.56 Å². The zero-order valence-corrected chi connectivity index (χ0v) is 36.1. The molecular weight excluding hydrogens is 785 g/mol. The van der Waals surface area contributed by atoms with Crippen LogP contribution < -0.4 is 0 Å². The van der Waals surface area contributed by atoms with Crippen molar-refractivity contribution in [2.75, 3.05) is 0 Å². The second-order valence-corrected chi connectivity index (χ2v) is 17.0. The Labute approximate surface area is 379 Å². The minimum Gasteiger partial charge on any atom is -0.309 e. The molecule has 0 unspecified atom stereocenters. The molecule has 65 heavy (non-hydrogen) atoms. The average molecular weight is 829 g/mol. The molecule has 2 heteroatoms. The van der Waals surface area contributed by atoms with Gasteiger partial charge in [-0.3, -0.25) is 0 Å². The Morgan fingerprint density at radius 3 is 1.05 bits per heavy atom. The average Bonchev–Trinajstić information content (AvgIpc) is 4.03. The van der Waals surface area contributed by atoms with Gasteiger partial charge in [-0.15, -0.1) is 0 Å². The predicted molar refractivity (Wildman–Crippen MR) is 275 cm³/mol. The zero-order valence-electron chi connectivity index (χ0n) is 36.1. The highest BCUT2D eigenvalue weighted by Gasteiger charge is 2.22. The lowest BCUT2D eigenvalue weighted by molar-refractivity contribution is 1.10. The van der Waals surface area contributed by atoms with Crippen LogP contribution in [0.25, 0.3) is 111 Å². The first-order chi connectivity index (χ1) is 32.2. The molecule has 0 aliphatic rings. The molecule has 10 aromatic carbocycles. The van der Waals surface area contributed by atoms with E-state index < -0.39 is 0 Å². The fraction of sp³-hybridized carbons (Fsp3) is 0.0159. The lowest BCUT2D eigenvalue weighted by Crippen LogP contribution is -2.02. The number of aromatic nitrogens is 2. The van der Waals surface area contributed by atoms with E-state index in [1.165, 1.54) is 82.4 Å². The summed E-state index contributed by atoms with van der Waals surface area (Å²) in [7, 11) is 0. The van der Waals surface area contributed by atoms with Crippen LogP contribution in [0.15, 0.2) is 249 Å². The maximum absolute atomic E-state index is 2.44. The first-order valence-corrected chi connectivity index (χ1v) is 22.4. The third kappa shape index (κ3) is 6.75. The van der Waals surface area contributed by atoms with Gasteiger partial charge in [0.1, 0.15) is 0 Å². The fourth-order valence-electron chi connectivity index (χ4n) is 9.94. The molecule has 12 rings (SSSR count). The predicted octanol–water partition coefficient (Wildman–Crippen LogP) is 17.0. The van der Waals surface area contributed by atoms with Gasteiger partial charge in [0.15, 0.2) is 0 Å². The van der Waals surface area contributed by atoms with Gasteiger partial charge in [-0.2, -0.15) is 0 Å². The van der Waals surface area contributed by atoms with E-state index in [0.29, 0.717) is 0 Å². The third-order valence-electron chi connectivity index (χ3n) is 13.0. The van der Waals surface area contributed by atoms with Gasteiger partial charge in [0.05, 0.1) is 22.8 Å². The zero-order chi connectivity index (χ0) is 43.3. The summed E-state index contributed by atoms with van der Waals surface area (Å²) in [5.74, 6) is 0. The third-order valence-corrected chi connectivity index (χ3v) is 13.0. The Balaban J connectivity index is 1.20. The van der Waals surface area contributed by atoms with Gasteiger partial charge in [0.2, 0.25) is 0 Å². The molecule has 0 aliphatic heterocycles. The summed E-state index contributed by atoms with van der Waals surface area (Å²) in [4.78, 5) is 0. The van der Waals surface area contributed by atoms with Crippen LogP contribution in [0.3, 0.4) is 0 Å². The lowest BCUT2D eigenvalue weighted by atomic mass is 9.85. The highest BCUT2D eigenvalue weighted by molar-refractivity contribution is 6.22. The number of benzene rings is 10. The van der Waals surface area contributed by atoms with Crippen molar-refractivity contribution in [1.82, 2.24) is 9.13 Å². The quantitative estimate of drug-likeness (QED) is 0.135. The molecule has 0 radical (unpaired) electrons. The van der Waals surface area contributed by atoms with Gasteiger partial charge in [0.25, 0.3) is 0 Å². The smallest absolute Gasteiger partial charge is 0.0535 e. The molecule has 0 amide bonds. The molecule has 12 aromatic rings. The maximum Gasteiger partial charge on any atom is 0.0535 e. The van der Waals surface area contributed by atoms with Gasteiger partial charge < -0.3 is 9.13 Å². The van der Waals surface area contributed by atoms with E-state index in [-0.39, 0.29) is 0 Å². The van der Waals surface area contributed by atoms with E-state index in [1.54, 1.807) is 0 Å². The molecule has 0 fully saturated rings. The van der Waals surface area contributed by atoms with Crippen molar-refractivity contribution in [3.8, 4) is 78.7 Å². The Morgan fingerprint density at radius 1 is 0.246 bits per heavy atom. The van der Waals surface area contributed by atoms with Crippen LogP contribution in [-0.2, 0) is 0 Å². The minimum atomic E-state index is 1.11. The van der Waals surface area contributed by atoms with Crippen molar-refractivity contribution in [2.24, 2.45) is 0 Å². The monoisotopic (exact) mass is 828 g/mol. The van der Waals surface area contributed by atoms with Crippen molar-refractivity contribution in [3.63, 3.8) is 0 Å². The first-order valence-electron chi connectivity index (χ1n) is 22.4. The van der Waals surface area contributed by atoms with Crippen LogP contribution in [0.2, 0.25) is 0 Å². The van der Waals surface area contributed by atoms with Crippen LogP contribution in [0, 0.1) is 6.92 Å². The molecule has 306 valence electrons. The number of rotatable bonds is 8. The maximum atomic E-state index is 2.44. The van der Waals surface area contributed by atoms with E-state index >= 15 is 0 Å². The fourth-order valence-corrected chi connectivity index (χ4v) is 9.94. The molecule has 0 atom stereocenters. The summed E-state index contributed by atoms with van der Waals surface area (Å²) in [6.45, 7) is 2.17. The molecule has 2 nitrogen and oxygen atoms in total. The summed E-state index contributed by atoms with van der Waals surface area (Å²) < 4.78 is 4.88. The Bertz CT molecular complexity index is 3560. The molecular formula is C63H44N2. The molecule has 2 heterocycles. The topological polar surface area (TPSA) is 9.86 Å². The molecule has 2 aromatic heterocycles. The summed E-state index contributed by atoms with van der Waals surface area (Å²) in [6, 6.07) is 91.1. The minimum absolute atomic E-state index is 1.11. The summed E-state index contributed by atoms with van der Waals surface area (Å²) in [5.41, 5.74) is 17.6. The molecule has 0 spiro atoms. The molecule has 0 N–H and O–H groups in total. The van der Waals surface area contributed by atoms with Crippen LogP contribution >= 0.6 is 0 Å². The van der Waals surface area contributed by atoms with Crippen molar-refractivity contribution in [1.29, 1.82) is 0 Å². The van der Waals surface area contributed by atoms with Gasteiger partial charge >= 0.3 is 0 Å². The van der Waals surface area contributed by atoms with E-state index in [2.05, 4.69) is 265 Å². The van der Waals surface area contributed by atoms with Gasteiger partial charge in [0, 0.05) is 11.4 Å². The van der Waals surface area contributed by atoms with Crippen molar-refractivity contribution >= 4 is 32.3 Å². The van der Waals surface area contributed by atoms with Crippen LogP contribution in [0.5, 0.6) is 0 Å².